The van der Waals surface area contributed by atoms with E-state index in [1.165, 1.54) is 10.9 Å². The van der Waals surface area contributed by atoms with E-state index >= 15 is 0 Å². The molecule has 39 heavy (non-hydrogen) atoms. The number of fused-ring (bicyclic) bond motifs is 1. The van der Waals surface area contributed by atoms with E-state index in [-0.39, 0.29) is 24.3 Å². The molecule has 6 rings (SSSR count). The van der Waals surface area contributed by atoms with Gasteiger partial charge in [0.15, 0.2) is 23.7 Å². The highest BCUT2D eigenvalue weighted by Gasteiger charge is 2.48. The van der Waals surface area contributed by atoms with E-state index in [4.69, 9.17) is 18.6 Å². The largest absolute Gasteiger partial charge is 0.470 e. The van der Waals surface area contributed by atoms with Crippen LogP contribution in [-0.4, -0.2) is 44.0 Å². The molecule has 0 saturated carbocycles. The maximum atomic E-state index is 13.8. The van der Waals surface area contributed by atoms with Crippen LogP contribution < -0.4 is 0 Å². The second-order valence-electron chi connectivity index (χ2n) is 8.92. The fourth-order valence-electron chi connectivity index (χ4n) is 4.58. The summed E-state index contributed by atoms with van der Waals surface area (Å²) in [5.74, 6) is -6.36. The Balaban J connectivity index is 1.34. The van der Waals surface area contributed by atoms with Gasteiger partial charge in [0, 0.05) is 17.5 Å². The molecule has 2 aliphatic rings. The van der Waals surface area contributed by atoms with Gasteiger partial charge >= 0.3 is 12.1 Å². The summed E-state index contributed by atoms with van der Waals surface area (Å²) in [5, 5.41) is 14.6. The summed E-state index contributed by atoms with van der Waals surface area (Å²) in [6.45, 7) is 0.00737. The minimum absolute atomic E-state index is 0.00737. The molecule has 9 nitrogen and oxygen atoms in total. The van der Waals surface area contributed by atoms with Gasteiger partial charge in [-0.25, -0.2) is 17.9 Å². The number of nitrogens with zero attached hydrogens (tertiary/aromatic N) is 5. The Morgan fingerprint density at radius 1 is 0.923 bits per heavy atom. The van der Waals surface area contributed by atoms with Crippen LogP contribution in [0.25, 0.3) is 11.3 Å². The van der Waals surface area contributed by atoms with Gasteiger partial charge in [0.05, 0.1) is 18.8 Å². The molecule has 4 aromatic rings. The summed E-state index contributed by atoms with van der Waals surface area (Å²) >= 11 is 0. The highest BCUT2D eigenvalue weighted by atomic mass is 19.4. The van der Waals surface area contributed by atoms with Crippen LogP contribution in [0.5, 0.6) is 0 Å². The number of hydrogen-bond donors (Lipinski definition) is 0. The summed E-state index contributed by atoms with van der Waals surface area (Å²) < 4.78 is 104. The summed E-state index contributed by atoms with van der Waals surface area (Å²) in [7, 11) is 0. The molecule has 0 spiro atoms. The van der Waals surface area contributed by atoms with Gasteiger partial charge in [-0.3, -0.25) is 0 Å². The first-order valence-electron chi connectivity index (χ1n) is 11.6. The number of benzene rings is 2. The van der Waals surface area contributed by atoms with Crippen molar-refractivity contribution in [1.82, 2.24) is 25.2 Å². The van der Waals surface area contributed by atoms with E-state index in [0.29, 0.717) is 0 Å². The first-order chi connectivity index (χ1) is 18.7. The first kappa shape index (κ1) is 25.5. The number of alkyl halides is 3. The van der Waals surface area contributed by atoms with Crippen molar-refractivity contribution in [3.05, 3.63) is 83.5 Å². The van der Waals surface area contributed by atoms with E-state index in [9.17, 15) is 26.3 Å². The van der Waals surface area contributed by atoms with Gasteiger partial charge in [0.1, 0.15) is 24.0 Å². The van der Waals surface area contributed by atoms with Crippen LogP contribution in [-0.2, 0) is 20.4 Å². The van der Waals surface area contributed by atoms with Gasteiger partial charge in [-0.05, 0) is 12.1 Å². The molecule has 0 radical (unpaired) electrons. The van der Waals surface area contributed by atoms with Crippen LogP contribution in [0.4, 0.5) is 26.3 Å². The molecule has 2 aromatic carbocycles. The van der Waals surface area contributed by atoms with Crippen LogP contribution in [0, 0.1) is 17.5 Å². The molecule has 15 heteroatoms. The number of hydrogen-bond acceptors (Lipinski definition) is 8. The summed E-state index contributed by atoms with van der Waals surface area (Å²) in [6.07, 6.45) is -6.90. The fraction of sp³-hybridized carbons (Fsp3) is 0.333. The third kappa shape index (κ3) is 4.88. The molecular formula is C24H17F6N5O4. The summed E-state index contributed by atoms with van der Waals surface area (Å²) in [4.78, 5) is 0. The van der Waals surface area contributed by atoms with E-state index in [2.05, 4.69) is 20.5 Å². The van der Waals surface area contributed by atoms with Crippen LogP contribution >= 0.6 is 0 Å². The van der Waals surface area contributed by atoms with Gasteiger partial charge in [-0.2, -0.15) is 13.2 Å². The topological polar surface area (TPSA) is 97.3 Å². The van der Waals surface area contributed by atoms with E-state index in [1.807, 2.05) is 6.07 Å². The molecule has 0 aliphatic carbocycles. The molecular weight excluding hydrogens is 536 g/mol. The van der Waals surface area contributed by atoms with Crippen molar-refractivity contribution < 1.29 is 45.0 Å². The zero-order valence-corrected chi connectivity index (χ0v) is 19.6. The summed E-state index contributed by atoms with van der Waals surface area (Å²) in [5.41, 5.74) is 0.677. The lowest BCUT2D eigenvalue weighted by Gasteiger charge is -2.45. The highest BCUT2D eigenvalue weighted by molar-refractivity contribution is 5.57. The standard InChI is InChI=1S/C24H17F6N5O4/c25-13-6-12(7-14(26)19(13)27)15-9-35(34-31-15)16-8-17(21-32-33-23(39-21)24(28,29)30)37-18-10-36-22(38-20(16)18)11-4-2-1-3-5-11/h1-7,9,16-18,20,22H,8,10H2/t16-,17-,18-,20-,22+/m1/s1. The Morgan fingerprint density at radius 3 is 2.36 bits per heavy atom. The zero-order chi connectivity index (χ0) is 27.3. The van der Waals surface area contributed by atoms with Crippen molar-refractivity contribution in [2.45, 2.75) is 43.2 Å². The lowest BCUT2D eigenvalue weighted by molar-refractivity contribution is -0.302. The van der Waals surface area contributed by atoms with Gasteiger partial charge in [-0.1, -0.05) is 35.5 Å². The molecule has 2 aliphatic heterocycles. The minimum atomic E-state index is -4.84. The number of ether oxygens (including phenoxy) is 3. The predicted octanol–water partition coefficient (Wildman–Crippen LogP) is 4.95. The molecule has 2 saturated heterocycles. The van der Waals surface area contributed by atoms with Gasteiger partial charge < -0.3 is 18.6 Å². The molecule has 4 heterocycles. The van der Waals surface area contributed by atoms with Gasteiger partial charge in [0.2, 0.25) is 5.89 Å². The Labute approximate surface area is 215 Å². The lowest BCUT2D eigenvalue weighted by Crippen LogP contribution is -2.51. The van der Waals surface area contributed by atoms with Crippen molar-refractivity contribution in [2.24, 2.45) is 0 Å². The first-order valence-corrected chi connectivity index (χ1v) is 11.6. The molecule has 2 fully saturated rings. The summed E-state index contributed by atoms with van der Waals surface area (Å²) in [6, 6.07) is 9.86. The van der Waals surface area contributed by atoms with E-state index in [1.54, 1.807) is 24.3 Å². The molecule has 0 N–H and O–H groups in total. The van der Waals surface area contributed by atoms with Crippen molar-refractivity contribution in [1.29, 1.82) is 0 Å². The van der Waals surface area contributed by atoms with Crippen LogP contribution in [0.2, 0.25) is 0 Å². The number of rotatable bonds is 4. The SMILES string of the molecule is Fc1cc(-c2cn([C@@H]3C[C@H](c4nnc(C(F)(F)F)o4)O[C@@H]4CO[C@H](c5ccccc5)O[C@H]34)nn2)cc(F)c1F. The Kier molecular flexibility index (Phi) is 6.35. The number of halogens is 6. The average Bonchev–Trinajstić information content (AvgIpc) is 3.62. The molecule has 0 unspecified atom stereocenters. The average molecular weight is 553 g/mol. The molecule has 5 atom stereocenters. The Hall–Kier alpha value is -3.82. The van der Waals surface area contributed by atoms with Crippen LogP contribution in [0.3, 0.4) is 0 Å². The second-order valence-corrected chi connectivity index (χ2v) is 8.92. The van der Waals surface area contributed by atoms with E-state index < -0.39 is 66.1 Å². The van der Waals surface area contributed by atoms with Crippen molar-refractivity contribution in [3.8, 4) is 11.3 Å². The number of aromatic nitrogens is 5. The van der Waals surface area contributed by atoms with E-state index in [0.717, 1.165) is 17.7 Å². The van der Waals surface area contributed by atoms with Crippen LogP contribution in [0.1, 0.15) is 42.2 Å². The van der Waals surface area contributed by atoms with Crippen molar-refractivity contribution >= 4 is 0 Å². The van der Waals surface area contributed by atoms with Crippen molar-refractivity contribution in [2.75, 3.05) is 6.61 Å². The monoisotopic (exact) mass is 553 g/mol. The normalized spacial score (nSPS) is 25.4. The predicted molar refractivity (Wildman–Crippen MR) is 116 cm³/mol. The highest BCUT2D eigenvalue weighted by Crippen LogP contribution is 2.44. The zero-order valence-electron chi connectivity index (χ0n) is 19.6. The Morgan fingerprint density at radius 2 is 1.67 bits per heavy atom. The molecule has 204 valence electrons. The fourth-order valence-corrected chi connectivity index (χ4v) is 4.58. The molecule has 2 aromatic heterocycles. The third-order valence-electron chi connectivity index (χ3n) is 6.39. The smallest absolute Gasteiger partial charge is 0.415 e. The minimum Gasteiger partial charge on any atom is -0.415 e. The van der Waals surface area contributed by atoms with Gasteiger partial charge in [0.25, 0.3) is 0 Å². The maximum Gasteiger partial charge on any atom is 0.470 e. The van der Waals surface area contributed by atoms with Gasteiger partial charge in [-0.15, -0.1) is 15.3 Å². The lowest BCUT2D eigenvalue weighted by atomic mass is 9.94. The molecule has 0 bridgehead atoms. The van der Waals surface area contributed by atoms with Crippen LogP contribution in [0.15, 0.2) is 53.1 Å². The molecule has 0 amide bonds. The Bertz CT molecular complexity index is 1460. The quantitative estimate of drug-likeness (QED) is 0.259. The van der Waals surface area contributed by atoms with Crippen molar-refractivity contribution in [3.63, 3.8) is 0 Å². The maximum absolute atomic E-state index is 13.8. The third-order valence-corrected chi connectivity index (χ3v) is 6.39. The second kappa shape index (κ2) is 9.73.